The lowest BCUT2D eigenvalue weighted by atomic mass is 9.67. The third kappa shape index (κ3) is 11.6. The highest BCUT2D eigenvalue weighted by atomic mass is 14.4. The summed E-state index contributed by atoms with van der Waals surface area (Å²) in [6.07, 6.45) is 34.4. The van der Waals surface area contributed by atoms with Gasteiger partial charge in [0.1, 0.15) is 0 Å². The molecular formula is C34H64. The molecule has 2 rings (SSSR count). The highest BCUT2D eigenvalue weighted by Gasteiger charge is 2.32. The summed E-state index contributed by atoms with van der Waals surface area (Å²) in [6, 6.07) is 0. The molecule has 0 aromatic heterocycles. The second-order valence-corrected chi connectivity index (χ2v) is 13.3. The maximum absolute atomic E-state index is 4.19. The molecule has 0 amide bonds. The van der Waals surface area contributed by atoms with Crippen LogP contribution in [-0.4, -0.2) is 0 Å². The minimum Gasteiger partial charge on any atom is -0.103 e. The molecule has 6 atom stereocenters. The van der Waals surface area contributed by atoms with Gasteiger partial charge in [-0.15, -0.1) is 6.58 Å². The van der Waals surface area contributed by atoms with Crippen molar-refractivity contribution in [2.75, 3.05) is 0 Å². The zero-order valence-electron chi connectivity index (χ0n) is 24.2. The van der Waals surface area contributed by atoms with E-state index in [1.807, 2.05) is 0 Å². The Balaban J connectivity index is 2.05. The van der Waals surface area contributed by atoms with Crippen LogP contribution in [0, 0.1) is 35.0 Å². The predicted octanol–water partition coefficient (Wildman–Crippen LogP) is 11.9. The fourth-order valence-electron chi connectivity index (χ4n) is 7.39. The van der Waals surface area contributed by atoms with Crippen LogP contribution in [0.3, 0.4) is 0 Å². The molecule has 0 aromatic rings. The van der Waals surface area contributed by atoms with E-state index in [0.29, 0.717) is 5.41 Å². The fourth-order valence-corrected chi connectivity index (χ4v) is 7.39. The van der Waals surface area contributed by atoms with Crippen LogP contribution in [0.25, 0.3) is 0 Å². The van der Waals surface area contributed by atoms with Gasteiger partial charge < -0.3 is 0 Å². The van der Waals surface area contributed by atoms with Gasteiger partial charge in [-0.25, -0.2) is 0 Å². The second-order valence-electron chi connectivity index (χ2n) is 13.3. The summed E-state index contributed by atoms with van der Waals surface area (Å²) in [7, 11) is 0. The first-order valence-corrected chi connectivity index (χ1v) is 16.1. The zero-order chi connectivity index (χ0) is 24.7. The predicted molar refractivity (Wildman–Crippen MR) is 154 cm³/mol. The first kappa shape index (κ1) is 30.0. The van der Waals surface area contributed by atoms with Gasteiger partial charge in [0.2, 0.25) is 0 Å². The Morgan fingerprint density at radius 3 is 2.00 bits per heavy atom. The van der Waals surface area contributed by atoms with Gasteiger partial charge in [-0.2, -0.15) is 0 Å². The van der Waals surface area contributed by atoms with E-state index in [0.717, 1.165) is 29.6 Å². The molecule has 2 fully saturated rings. The first-order valence-electron chi connectivity index (χ1n) is 16.1. The molecule has 2 saturated carbocycles. The summed E-state index contributed by atoms with van der Waals surface area (Å²) in [6.45, 7) is 14.3. The van der Waals surface area contributed by atoms with Gasteiger partial charge in [-0.1, -0.05) is 137 Å². The van der Waals surface area contributed by atoms with Crippen molar-refractivity contribution in [3.8, 4) is 0 Å². The largest absolute Gasteiger partial charge is 0.103 e. The van der Waals surface area contributed by atoms with Gasteiger partial charge in [0.05, 0.1) is 0 Å². The molecule has 0 nitrogen and oxygen atoms in total. The van der Waals surface area contributed by atoms with E-state index in [1.54, 1.807) is 0 Å². The van der Waals surface area contributed by atoms with Crippen LogP contribution >= 0.6 is 0 Å². The van der Waals surface area contributed by atoms with Crippen LogP contribution in [0.4, 0.5) is 0 Å². The number of fused-ring (bicyclic) bond motifs is 1. The normalized spacial score (nSPS) is 37.0. The second kappa shape index (κ2) is 17.2. The van der Waals surface area contributed by atoms with E-state index < -0.39 is 0 Å². The number of rotatable bonds is 3. The van der Waals surface area contributed by atoms with Crippen LogP contribution in [0.15, 0.2) is 12.7 Å². The first-order chi connectivity index (χ1) is 16.5. The van der Waals surface area contributed by atoms with Crippen molar-refractivity contribution in [3.05, 3.63) is 12.7 Å². The molecule has 0 heterocycles. The SMILES string of the molecule is C=CC1CCCCCCCCCCC(C)(CC)CC2CCC(CC)CCCC2CCC(C)CC1. The van der Waals surface area contributed by atoms with Crippen molar-refractivity contribution >= 4 is 0 Å². The van der Waals surface area contributed by atoms with E-state index in [9.17, 15) is 0 Å². The number of hydrogen-bond donors (Lipinski definition) is 0. The third-order valence-corrected chi connectivity index (χ3v) is 10.5. The Kier molecular flexibility index (Phi) is 15.2. The minimum absolute atomic E-state index is 0.577. The monoisotopic (exact) mass is 473 g/mol. The van der Waals surface area contributed by atoms with Crippen LogP contribution < -0.4 is 0 Å². The summed E-state index contributed by atoms with van der Waals surface area (Å²) in [4.78, 5) is 0. The van der Waals surface area contributed by atoms with Crippen LogP contribution in [0.2, 0.25) is 0 Å². The Morgan fingerprint density at radius 2 is 1.32 bits per heavy atom. The van der Waals surface area contributed by atoms with Crippen molar-refractivity contribution in [3.63, 3.8) is 0 Å². The van der Waals surface area contributed by atoms with Gasteiger partial charge in [0, 0.05) is 0 Å². The summed E-state index contributed by atoms with van der Waals surface area (Å²) in [5, 5.41) is 0. The van der Waals surface area contributed by atoms with E-state index in [4.69, 9.17) is 0 Å². The summed E-state index contributed by atoms with van der Waals surface area (Å²) in [5.41, 5.74) is 0.577. The van der Waals surface area contributed by atoms with Gasteiger partial charge >= 0.3 is 0 Å². The highest BCUT2D eigenvalue weighted by molar-refractivity contribution is 4.84. The van der Waals surface area contributed by atoms with Crippen molar-refractivity contribution < 1.29 is 0 Å². The molecule has 2 aliphatic carbocycles. The number of hydrogen-bond acceptors (Lipinski definition) is 0. The lowest BCUT2D eigenvalue weighted by Gasteiger charge is -2.39. The van der Waals surface area contributed by atoms with Crippen molar-refractivity contribution in [2.45, 2.75) is 169 Å². The summed E-state index contributed by atoms with van der Waals surface area (Å²) >= 11 is 0. The van der Waals surface area contributed by atoms with E-state index in [2.05, 4.69) is 40.3 Å². The summed E-state index contributed by atoms with van der Waals surface area (Å²) < 4.78 is 0. The van der Waals surface area contributed by atoms with Crippen molar-refractivity contribution in [1.82, 2.24) is 0 Å². The fraction of sp³-hybridized carbons (Fsp3) is 0.941. The molecule has 0 aliphatic heterocycles. The van der Waals surface area contributed by atoms with Gasteiger partial charge in [-0.3, -0.25) is 0 Å². The molecule has 200 valence electrons. The molecule has 0 spiro atoms. The van der Waals surface area contributed by atoms with Gasteiger partial charge in [0.15, 0.2) is 0 Å². The maximum atomic E-state index is 4.19. The number of allylic oxidation sites excluding steroid dienone is 1. The Labute approximate surface area is 216 Å². The molecular weight excluding hydrogens is 408 g/mol. The molecule has 2 aliphatic rings. The Morgan fingerprint density at radius 1 is 0.676 bits per heavy atom. The quantitative estimate of drug-likeness (QED) is 0.358. The lowest BCUT2D eigenvalue weighted by Crippen LogP contribution is -2.27. The Bertz CT molecular complexity index is 506. The standard InChI is InChI=1S/C34H64/c1-6-30-18-15-13-11-9-10-12-14-16-27-34(5,8-3)28-33-26-24-31(7-2)19-17-20-32(33)25-22-29(4)21-23-30/h6,29-33H,1,7-28H2,2-5H3. The molecule has 0 aromatic carbocycles. The lowest BCUT2D eigenvalue weighted by molar-refractivity contribution is 0.124. The smallest absolute Gasteiger partial charge is 0.0236 e. The van der Waals surface area contributed by atoms with E-state index >= 15 is 0 Å². The maximum Gasteiger partial charge on any atom is -0.0236 e. The highest BCUT2D eigenvalue weighted by Crippen LogP contribution is 2.44. The average Bonchev–Trinajstić information content (AvgIpc) is 2.83. The van der Waals surface area contributed by atoms with Gasteiger partial charge in [0.25, 0.3) is 0 Å². The molecule has 0 heteroatoms. The Hall–Kier alpha value is -0.260. The molecule has 0 saturated heterocycles. The zero-order valence-corrected chi connectivity index (χ0v) is 24.2. The molecule has 0 radical (unpaired) electrons. The molecule has 0 N–H and O–H groups in total. The third-order valence-electron chi connectivity index (χ3n) is 10.5. The topological polar surface area (TPSA) is 0 Å². The van der Waals surface area contributed by atoms with Gasteiger partial charge in [-0.05, 0) is 73.5 Å². The van der Waals surface area contributed by atoms with E-state index in [-0.39, 0.29) is 0 Å². The van der Waals surface area contributed by atoms with Crippen molar-refractivity contribution in [2.24, 2.45) is 35.0 Å². The van der Waals surface area contributed by atoms with E-state index in [1.165, 1.54) is 141 Å². The molecule has 6 unspecified atom stereocenters. The average molecular weight is 473 g/mol. The van der Waals surface area contributed by atoms with Crippen LogP contribution in [-0.2, 0) is 0 Å². The summed E-state index contributed by atoms with van der Waals surface area (Å²) in [5.74, 6) is 4.63. The van der Waals surface area contributed by atoms with Crippen molar-refractivity contribution in [1.29, 1.82) is 0 Å². The minimum atomic E-state index is 0.577. The van der Waals surface area contributed by atoms with Crippen LogP contribution in [0.5, 0.6) is 0 Å². The van der Waals surface area contributed by atoms with Crippen LogP contribution in [0.1, 0.15) is 169 Å². The molecule has 34 heavy (non-hydrogen) atoms. The molecule has 0 bridgehead atoms.